The van der Waals surface area contributed by atoms with Crippen LogP contribution < -0.4 is 5.32 Å². The number of benzene rings is 2. The van der Waals surface area contributed by atoms with Gasteiger partial charge in [0.1, 0.15) is 11.6 Å². The normalized spacial score (nSPS) is 10.2. The van der Waals surface area contributed by atoms with Crippen LogP contribution in [0, 0.1) is 21.7 Å². The number of esters is 1. The Bertz CT molecular complexity index is 809. The first kappa shape index (κ1) is 18.0. The van der Waals surface area contributed by atoms with Gasteiger partial charge in [-0.1, -0.05) is 12.1 Å². The molecule has 0 aliphatic carbocycles. The average molecular weight is 350 g/mol. The molecule has 25 heavy (non-hydrogen) atoms. The van der Waals surface area contributed by atoms with Crippen molar-refractivity contribution in [3.8, 4) is 0 Å². The van der Waals surface area contributed by atoms with Gasteiger partial charge in [0.25, 0.3) is 11.6 Å². The van der Waals surface area contributed by atoms with E-state index in [1.807, 2.05) is 0 Å². The molecule has 0 fully saturated rings. The molecule has 1 amide bonds. The number of hydrogen-bond donors (Lipinski definition) is 1. The van der Waals surface area contributed by atoms with Gasteiger partial charge in [-0.15, -0.1) is 0 Å². The number of carbonyl (C=O) groups excluding carboxylic acids is 2. The summed E-state index contributed by atoms with van der Waals surface area (Å²) in [6.45, 7) is -0.692. The van der Waals surface area contributed by atoms with E-state index in [0.29, 0.717) is 5.56 Å². The number of non-ortho nitro benzene ring substituents is 1. The number of rotatable bonds is 6. The van der Waals surface area contributed by atoms with Crippen LogP contribution in [0.2, 0.25) is 0 Å². The van der Waals surface area contributed by atoms with E-state index in [1.54, 1.807) is 0 Å². The van der Waals surface area contributed by atoms with Gasteiger partial charge in [0.15, 0.2) is 6.61 Å². The van der Waals surface area contributed by atoms with E-state index < -0.39 is 46.4 Å². The summed E-state index contributed by atoms with van der Waals surface area (Å²) in [6.07, 6.45) is -0.168. The first-order chi connectivity index (χ1) is 11.8. The van der Waals surface area contributed by atoms with Gasteiger partial charge in [-0.3, -0.25) is 19.7 Å². The Morgan fingerprint density at radius 2 is 1.80 bits per heavy atom. The van der Waals surface area contributed by atoms with E-state index in [1.165, 1.54) is 24.3 Å². The number of nitrogens with zero attached hydrogens (tertiary/aromatic N) is 1. The Morgan fingerprint density at radius 3 is 2.44 bits per heavy atom. The molecule has 0 radical (unpaired) electrons. The summed E-state index contributed by atoms with van der Waals surface area (Å²) in [5, 5.41) is 12.7. The molecule has 2 aromatic carbocycles. The predicted molar refractivity (Wildman–Crippen MR) is 82.7 cm³/mol. The zero-order valence-corrected chi connectivity index (χ0v) is 12.7. The molecule has 9 heteroatoms. The summed E-state index contributed by atoms with van der Waals surface area (Å²) in [7, 11) is 0. The van der Waals surface area contributed by atoms with Crippen molar-refractivity contribution in [1.82, 2.24) is 0 Å². The number of anilines is 1. The van der Waals surface area contributed by atoms with Gasteiger partial charge in [0.05, 0.1) is 17.0 Å². The Morgan fingerprint density at radius 1 is 1.12 bits per heavy atom. The van der Waals surface area contributed by atoms with Crippen LogP contribution in [0.1, 0.15) is 5.56 Å². The Balaban J connectivity index is 1.88. The van der Waals surface area contributed by atoms with Crippen LogP contribution in [0.4, 0.5) is 20.2 Å². The Labute approximate surface area is 140 Å². The molecule has 7 nitrogen and oxygen atoms in total. The molecule has 0 aromatic heterocycles. The first-order valence-electron chi connectivity index (χ1n) is 6.99. The number of nitro benzene ring substituents is 1. The molecular weight excluding hydrogens is 338 g/mol. The molecule has 0 heterocycles. The number of ether oxygens (including phenoxy) is 1. The third kappa shape index (κ3) is 5.34. The van der Waals surface area contributed by atoms with Crippen molar-refractivity contribution in [3.05, 3.63) is 69.8 Å². The number of hydrogen-bond acceptors (Lipinski definition) is 5. The summed E-state index contributed by atoms with van der Waals surface area (Å²) in [5.41, 5.74) is -0.296. The van der Waals surface area contributed by atoms with Crippen molar-refractivity contribution in [2.75, 3.05) is 11.9 Å². The second-order valence-corrected chi connectivity index (χ2v) is 4.93. The summed E-state index contributed by atoms with van der Waals surface area (Å²) in [6, 6.07) is 7.81. The highest BCUT2D eigenvalue weighted by Gasteiger charge is 2.14. The molecule has 0 atom stereocenters. The van der Waals surface area contributed by atoms with Crippen molar-refractivity contribution in [3.63, 3.8) is 0 Å². The van der Waals surface area contributed by atoms with E-state index >= 15 is 0 Å². The minimum Gasteiger partial charge on any atom is -0.455 e. The lowest BCUT2D eigenvalue weighted by Gasteiger charge is -2.07. The van der Waals surface area contributed by atoms with Gasteiger partial charge >= 0.3 is 5.97 Å². The molecule has 0 aliphatic heterocycles. The average Bonchev–Trinajstić information content (AvgIpc) is 2.57. The number of amides is 1. The molecule has 0 saturated carbocycles. The van der Waals surface area contributed by atoms with Gasteiger partial charge in [0, 0.05) is 12.1 Å². The van der Waals surface area contributed by atoms with Crippen LogP contribution in [0.25, 0.3) is 0 Å². The maximum Gasteiger partial charge on any atom is 0.310 e. The fourth-order valence-corrected chi connectivity index (χ4v) is 1.87. The highest BCUT2D eigenvalue weighted by Crippen LogP contribution is 2.21. The molecule has 1 N–H and O–H groups in total. The van der Waals surface area contributed by atoms with Crippen LogP contribution in [-0.2, 0) is 20.7 Å². The van der Waals surface area contributed by atoms with Gasteiger partial charge in [-0.2, -0.15) is 0 Å². The summed E-state index contributed by atoms with van der Waals surface area (Å²) in [4.78, 5) is 33.2. The van der Waals surface area contributed by atoms with E-state index in [4.69, 9.17) is 4.74 Å². The minimum absolute atomic E-state index is 0.168. The molecular formula is C16H12F2N2O5. The van der Waals surface area contributed by atoms with Crippen molar-refractivity contribution in [2.45, 2.75) is 6.42 Å². The van der Waals surface area contributed by atoms with Crippen LogP contribution in [0.5, 0.6) is 0 Å². The maximum atomic E-state index is 13.5. The lowest BCUT2D eigenvalue weighted by Crippen LogP contribution is -2.22. The fraction of sp³-hybridized carbons (Fsp3) is 0.125. The van der Waals surface area contributed by atoms with Crippen LogP contribution in [0.15, 0.2) is 42.5 Å². The number of halogens is 2. The summed E-state index contributed by atoms with van der Waals surface area (Å²) >= 11 is 0. The molecule has 0 unspecified atom stereocenters. The largest absolute Gasteiger partial charge is 0.455 e. The quantitative estimate of drug-likeness (QED) is 0.490. The topological polar surface area (TPSA) is 98.5 Å². The number of nitrogens with one attached hydrogen (secondary N) is 1. The van der Waals surface area contributed by atoms with E-state index in [0.717, 1.165) is 18.2 Å². The third-order valence-corrected chi connectivity index (χ3v) is 3.06. The van der Waals surface area contributed by atoms with Gasteiger partial charge in [-0.05, 0) is 23.8 Å². The second-order valence-electron chi connectivity index (χ2n) is 4.93. The van der Waals surface area contributed by atoms with Crippen LogP contribution >= 0.6 is 0 Å². The monoisotopic (exact) mass is 350 g/mol. The zero-order valence-electron chi connectivity index (χ0n) is 12.7. The van der Waals surface area contributed by atoms with E-state index in [2.05, 4.69) is 5.32 Å². The lowest BCUT2D eigenvalue weighted by atomic mass is 10.1. The highest BCUT2D eigenvalue weighted by molar-refractivity contribution is 5.93. The van der Waals surface area contributed by atoms with Crippen LogP contribution in [0.3, 0.4) is 0 Å². The van der Waals surface area contributed by atoms with Gasteiger partial charge in [0.2, 0.25) is 0 Å². The maximum absolute atomic E-state index is 13.5. The SMILES string of the molecule is O=C(COC(=O)Cc1ccc(F)cc1)Nc1cc([N+](=O)[O-])ccc1F. The fourth-order valence-electron chi connectivity index (χ4n) is 1.87. The molecule has 0 bridgehead atoms. The molecule has 130 valence electrons. The standard InChI is InChI=1S/C16H12F2N2O5/c17-11-3-1-10(2-4-11)7-16(22)25-9-15(21)19-14-8-12(20(23)24)5-6-13(14)18/h1-6,8H,7,9H2,(H,19,21). The van der Waals surface area contributed by atoms with Crippen molar-refractivity contribution in [2.24, 2.45) is 0 Å². The zero-order chi connectivity index (χ0) is 18.4. The number of nitro groups is 1. The summed E-state index contributed by atoms with van der Waals surface area (Å²) in [5.74, 6) is -2.90. The van der Waals surface area contributed by atoms with Crippen molar-refractivity contribution in [1.29, 1.82) is 0 Å². The molecule has 0 spiro atoms. The van der Waals surface area contributed by atoms with Gasteiger partial charge in [-0.25, -0.2) is 8.78 Å². The van der Waals surface area contributed by atoms with E-state index in [-0.39, 0.29) is 6.42 Å². The Hall–Kier alpha value is -3.36. The Kier molecular flexibility index (Phi) is 5.72. The first-order valence-corrected chi connectivity index (χ1v) is 6.99. The number of carbonyl (C=O) groups is 2. The highest BCUT2D eigenvalue weighted by atomic mass is 19.1. The molecule has 0 saturated heterocycles. The van der Waals surface area contributed by atoms with Gasteiger partial charge < -0.3 is 10.1 Å². The summed E-state index contributed by atoms with van der Waals surface area (Å²) < 4.78 is 31.0. The second kappa shape index (κ2) is 7.95. The lowest BCUT2D eigenvalue weighted by molar-refractivity contribution is -0.384. The minimum atomic E-state index is -0.864. The molecule has 0 aliphatic rings. The van der Waals surface area contributed by atoms with Crippen molar-refractivity contribution < 1.29 is 28.0 Å². The van der Waals surface area contributed by atoms with E-state index in [9.17, 15) is 28.5 Å². The molecule has 2 rings (SSSR count). The molecule has 2 aromatic rings. The van der Waals surface area contributed by atoms with Crippen molar-refractivity contribution >= 4 is 23.3 Å². The predicted octanol–water partition coefficient (Wildman–Crippen LogP) is 2.60. The smallest absolute Gasteiger partial charge is 0.310 e. The van der Waals surface area contributed by atoms with Crippen LogP contribution in [-0.4, -0.2) is 23.4 Å². The third-order valence-electron chi connectivity index (χ3n) is 3.06.